The molecule has 1 aliphatic heterocycles. The average Bonchev–Trinajstić information content (AvgIpc) is 2.84. The first-order valence-electron chi connectivity index (χ1n) is 5.51. The van der Waals surface area contributed by atoms with Crippen LogP contribution in [0, 0.1) is 0 Å². The van der Waals surface area contributed by atoms with Gasteiger partial charge in [0.15, 0.2) is 16.8 Å². The van der Waals surface area contributed by atoms with E-state index in [0.29, 0.717) is 23.9 Å². The summed E-state index contributed by atoms with van der Waals surface area (Å²) in [4.78, 5) is 8.41. The van der Waals surface area contributed by atoms with E-state index < -0.39 is 0 Å². The molecule has 1 fully saturated rings. The lowest BCUT2D eigenvalue weighted by Gasteiger charge is -2.13. The van der Waals surface area contributed by atoms with Gasteiger partial charge in [0.25, 0.3) is 0 Å². The number of nitrogens with one attached hydrogen (secondary N) is 1. The quantitative estimate of drug-likeness (QED) is 0.697. The van der Waals surface area contributed by atoms with Crippen molar-refractivity contribution in [3.8, 4) is 0 Å². The maximum Gasteiger partial charge on any atom is 0.161 e. The number of aliphatic hydroxyl groups excluding tert-OH is 1. The first kappa shape index (κ1) is 12.3. The van der Waals surface area contributed by atoms with E-state index in [1.165, 1.54) is 0 Å². The van der Waals surface area contributed by atoms with Crippen LogP contribution in [0.4, 0.5) is 11.5 Å². The van der Waals surface area contributed by atoms with Gasteiger partial charge >= 0.3 is 0 Å². The van der Waals surface area contributed by atoms with Crippen LogP contribution in [-0.2, 0) is 4.74 Å². The SMILES string of the molecule is Nc1c(Cl)nc(C2CCCO2)nc1NCCO. The van der Waals surface area contributed by atoms with Gasteiger partial charge in [-0.05, 0) is 12.8 Å². The maximum absolute atomic E-state index is 8.76. The summed E-state index contributed by atoms with van der Waals surface area (Å²) in [7, 11) is 0. The molecule has 1 atom stereocenters. The summed E-state index contributed by atoms with van der Waals surface area (Å²) < 4.78 is 5.49. The summed E-state index contributed by atoms with van der Waals surface area (Å²) in [6.07, 6.45) is 1.78. The van der Waals surface area contributed by atoms with Crippen molar-refractivity contribution in [2.45, 2.75) is 18.9 Å². The maximum atomic E-state index is 8.76. The Balaban J connectivity index is 2.24. The van der Waals surface area contributed by atoms with Crippen molar-refractivity contribution >= 4 is 23.1 Å². The molecule has 1 aromatic heterocycles. The van der Waals surface area contributed by atoms with Crippen molar-refractivity contribution in [3.05, 3.63) is 11.0 Å². The Morgan fingerprint density at radius 3 is 3.00 bits per heavy atom. The Hall–Kier alpha value is -1.11. The Bertz CT molecular complexity index is 396. The summed E-state index contributed by atoms with van der Waals surface area (Å²) in [6, 6.07) is 0. The molecular formula is C10H15ClN4O2. The van der Waals surface area contributed by atoms with Gasteiger partial charge in [0.05, 0.1) is 6.61 Å². The Morgan fingerprint density at radius 2 is 2.35 bits per heavy atom. The topological polar surface area (TPSA) is 93.3 Å². The second-order valence-corrected chi connectivity index (χ2v) is 4.14. The largest absolute Gasteiger partial charge is 0.395 e. The number of ether oxygens (including phenoxy) is 1. The zero-order chi connectivity index (χ0) is 12.3. The predicted octanol–water partition coefficient (Wildman–Crippen LogP) is 0.968. The number of nitrogens with two attached hydrogens (primary N) is 1. The molecule has 0 radical (unpaired) electrons. The number of hydrogen-bond acceptors (Lipinski definition) is 6. The zero-order valence-electron chi connectivity index (χ0n) is 9.32. The molecule has 0 spiro atoms. The number of nitrogens with zero attached hydrogens (tertiary/aromatic N) is 2. The van der Waals surface area contributed by atoms with Crippen LogP contribution >= 0.6 is 11.6 Å². The van der Waals surface area contributed by atoms with Crippen LogP contribution < -0.4 is 11.1 Å². The normalized spacial score (nSPS) is 19.5. The highest BCUT2D eigenvalue weighted by Crippen LogP contribution is 2.31. The van der Waals surface area contributed by atoms with E-state index in [4.69, 9.17) is 27.2 Å². The predicted molar refractivity (Wildman–Crippen MR) is 65.0 cm³/mol. The summed E-state index contributed by atoms with van der Waals surface area (Å²) in [5.41, 5.74) is 6.04. The minimum absolute atomic E-state index is 0.00365. The van der Waals surface area contributed by atoms with Crippen LogP contribution in [0.1, 0.15) is 24.8 Å². The summed E-state index contributed by atoms with van der Waals surface area (Å²) in [5, 5.41) is 11.9. The fourth-order valence-electron chi connectivity index (χ4n) is 1.69. The number of anilines is 2. The van der Waals surface area contributed by atoms with Gasteiger partial charge in [-0.3, -0.25) is 0 Å². The molecule has 0 amide bonds. The Morgan fingerprint density at radius 1 is 1.53 bits per heavy atom. The molecule has 1 aromatic rings. The van der Waals surface area contributed by atoms with Gasteiger partial charge in [0.1, 0.15) is 11.8 Å². The lowest BCUT2D eigenvalue weighted by molar-refractivity contribution is 0.105. The molecule has 17 heavy (non-hydrogen) atoms. The van der Waals surface area contributed by atoms with Gasteiger partial charge < -0.3 is 20.9 Å². The molecular weight excluding hydrogens is 244 g/mol. The van der Waals surface area contributed by atoms with Gasteiger partial charge in [-0.25, -0.2) is 9.97 Å². The fraction of sp³-hybridized carbons (Fsp3) is 0.600. The number of hydrogen-bond donors (Lipinski definition) is 3. The highest BCUT2D eigenvalue weighted by atomic mass is 35.5. The molecule has 94 valence electrons. The number of aliphatic hydroxyl groups is 1. The van der Waals surface area contributed by atoms with E-state index in [9.17, 15) is 0 Å². The summed E-state index contributed by atoms with van der Waals surface area (Å²) >= 11 is 5.94. The minimum atomic E-state index is -0.109. The molecule has 7 heteroatoms. The standard InChI is InChI=1S/C10H15ClN4O2/c11-8-7(12)10(13-3-4-16)15-9(14-8)6-2-1-5-17-6/h6,16H,1-5,12H2,(H,13,14,15). The van der Waals surface area contributed by atoms with Crippen LogP contribution in [0.25, 0.3) is 0 Å². The van der Waals surface area contributed by atoms with Gasteiger partial charge in [-0.1, -0.05) is 11.6 Å². The van der Waals surface area contributed by atoms with Crippen LogP contribution in [0.3, 0.4) is 0 Å². The van der Waals surface area contributed by atoms with Crippen molar-refractivity contribution in [2.24, 2.45) is 0 Å². The smallest absolute Gasteiger partial charge is 0.161 e. The van der Waals surface area contributed by atoms with Crippen molar-refractivity contribution in [2.75, 3.05) is 30.8 Å². The lowest BCUT2D eigenvalue weighted by atomic mass is 10.2. The highest BCUT2D eigenvalue weighted by Gasteiger charge is 2.22. The number of halogens is 1. The van der Waals surface area contributed by atoms with Crippen LogP contribution in [0.15, 0.2) is 0 Å². The number of aromatic nitrogens is 2. The van der Waals surface area contributed by atoms with Gasteiger partial charge in [0, 0.05) is 13.2 Å². The van der Waals surface area contributed by atoms with E-state index in [1.807, 2.05) is 0 Å². The van der Waals surface area contributed by atoms with E-state index in [1.54, 1.807) is 0 Å². The van der Waals surface area contributed by atoms with Crippen LogP contribution in [-0.4, -0.2) is 34.8 Å². The third kappa shape index (κ3) is 2.77. The van der Waals surface area contributed by atoms with Gasteiger partial charge in [-0.15, -0.1) is 0 Å². The third-order valence-electron chi connectivity index (χ3n) is 2.54. The van der Waals surface area contributed by atoms with Crippen LogP contribution in [0.2, 0.25) is 5.15 Å². The first-order valence-corrected chi connectivity index (χ1v) is 5.89. The Labute approximate surface area is 104 Å². The summed E-state index contributed by atoms with van der Waals surface area (Å²) in [6.45, 7) is 1.08. The first-order chi connectivity index (χ1) is 8.22. The number of nitrogen functional groups attached to an aromatic ring is 1. The molecule has 0 saturated carbocycles. The molecule has 6 nitrogen and oxygen atoms in total. The molecule has 2 rings (SSSR count). The molecule has 4 N–H and O–H groups in total. The Kier molecular flexibility index (Phi) is 3.98. The second kappa shape index (κ2) is 5.48. The van der Waals surface area contributed by atoms with E-state index >= 15 is 0 Å². The fourth-order valence-corrected chi connectivity index (χ4v) is 1.87. The van der Waals surface area contributed by atoms with Crippen molar-refractivity contribution in [1.82, 2.24) is 9.97 Å². The van der Waals surface area contributed by atoms with Crippen molar-refractivity contribution in [1.29, 1.82) is 0 Å². The molecule has 0 aromatic carbocycles. The second-order valence-electron chi connectivity index (χ2n) is 3.79. The molecule has 0 bridgehead atoms. The van der Waals surface area contributed by atoms with E-state index in [0.717, 1.165) is 19.4 Å². The minimum Gasteiger partial charge on any atom is -0.395 e. The lowest BCUT2D eigenvalue weighted by Crippen LogP contribution is -2.13. The average molecular weight is 259 g/mol. The van der Waals surface area contributed by atoms with Gasteiger partial charge in [-0.2, -0.15) is 0 Å². The monoisotopic (exact) mass is 258 g/mol. The molecule has 2 heterocycles. The molecule has 1 unspecified atom stereocenters. The number of rotatable bonds is 4. The molecule has 1 aliphatic rings. The van der Waals surface area contributed by atoms with Crippen molar-refractivity contribution < 1.29 is 9.84 Å². The van der Waals surface area contributed by atoms with Gasteiger partial charge in [0.2, 0.25) is 0 Å². The van der Waals surface area contributed by atoms with E-state index in [-0.39, 0.29) is 17.9 Å². The third-order valence-corrected chi connectivity index (χ3v) is 2.83. The van der Waals surface area contributed by atoms with Crippen LogP contribution in [0.5, 0.6) is 0 Å². The van der Waals surface area contributed by atoms with Crippen molar-refractivity contribution in [3.63, 3.8) is 0 Å². The summed E-state index contributed by atoms with van der Waals surface area (Å²) in [5.74, 6) is 0.992. The molecule has 0 aliphatic carbocycles. The highest BCUT2D eigenvalue weighted by molar-refractivity contribution is 6.32. The zero-order valence-corrected chi connectivity index (χ0v) is 10.1. The molecule has 1 saturated heterocycles. The van der Waals surface area contributed by atoms with E-state index in [2.05, 4.69) is 15.3 Å².